The first-order chi connectivity index (χ1) is 8.90. The predicted molar refractivity (Wildman–Crippen MR) is 86.7 cm³/mol. The lowest BCUT2D eigenvalue weighted by Gasteiger charge is -2.46. The van der Waals surface area contributed by atoms with Gasteiger partial charge >= 0.3 is 0 Å². The second-order valence-corrected chi connectivity index (χ2v) is 7.65. The maximum atomic E-state index is 6.27. The molecular formula is C14H24BrN3S. The summed E-state index contributed by atoms with van der Waals surface area (Å²) in [5.41, 5.74) is 6.27. The molecule has 0 aromatic carbocycles. The zero-order valence-electron chi connectivity index (χ0n) is 12.1. The van der Waals surface area contributed by atoms with Gasteiger partial charge in [-0.05, 0) is 49.8 Å². The van der Waals surface area contributed by atoms with Gasteiger partial charge in [-0.2, -0.15) is 0 Å². The molecule has 3 nitrogen and oxygen atoms in total. The van der Waals surface area contributed by atoms with Gasteiger partial charge in [0.15, 0.2) is 0 Å². The quantitative estimate of drug-likeness (QED) is 0.913. The molecule has 4 atom stereocenters. The molecule has 0 bridgehead atoms. The fourth-order valence-electron chi connectivity index (χ4n) is 2.93. The number of thiophene rings is 1. The van der Waals surface area contributed by atoms with Crippen LogP contribution in [0.5, 0.6) is 0 Å². The number of hydrogen-bond donors (Lipinski definition) is 1. The van der Waals surface area contributed by atoms with Crippen molar-refractivity contribution in [3.8, 4) is 0 Å². The molecule has 1 aliphatic heterocycles. The van der Waals surface area contributed by atoms with Crippen LogP contribution in [0.15, 0.2) is 15.9 Å². The standard InChI is InChI=1S/C14H24BrN3S/c1-9-6-18(7-10(2)17(9)4)14(11(3)16)13-5-12(15)8-19-13/h5,8-11,14H,6-7,16H2,1-4H3. The molecule has 0 spiro atoms. The van der Waals surface area contributed by atoms with E-state index in [4.69, 9.17) is 5.73 Å². The van der Waals surface area contributed by atoms with Gasteiger partial charge in [-0.3, -0.25) is 9.80 Å². The Morgan fingerprint density at radius 1 is 1.37 bits per heavy atom. The van der Waals surface area contributed by atoms with E-state index in [1.54, 1.807) is 11.3 Å². The number of hydrogen-bond acceptors (Lipinski definition) is 4. The maximum absolute atomic E-state index is 6.27. The van der Waals surface area contributed by atoms with Crippen molar-refractivity contribution in [1.29, 1.82) is 0 Å². The highest BCUT2D eigenvalue weighted by molar-refractivity contribution is 9.10. The van der Waals surface area contributed by atoms with E-state index in [2.05, 4.69) is 65.0 Å². The summed E-state index contributed by atoms with van der Waals surface area (Å²) in [6.45, 7) is 8.88. The van der Waals surface area contributed by atoms with E-state index < -0.39 is 0 Å². The molecule has 1 aromatic heterocycles. The van der Waals surface area contributed by atoms with E-state index in [0.717, 1.165) is 17.6 Å². The fraction of sp³-hybridized carbons (Fsp3) is 0.714. The van der Waals surface area contributed by atoms with Crippen LogP contribution in [0.3, 0.4) is 0 Å². The number of halogens is 1. The van der Waals surface area contributed by atoms with Gasteiger partial charge in [0.25, 0.3) is 0 Å². The van der Waals surface area contributed by atoms with Crippen molar-refractivity contribution in [3.05, 3.63) is 20.8 Å². The average Bonchev–Trinajstić information content (AvgIpc) is 2.72. The van der Waals surface area contributed by atoms with E-state index in [0.29, 0.717) is 18.1 Å². The van der Waals surface area contributed by atoms with E-state index in [-0.39, 0.29) is 6.04 Å². The van der Waals surface area contributed by atoms with Crippen molar-refractivity contribution in [2.24, 2.45) is 5.73 Å². The normalized spacial score (nSPS) is 29.4. The summed E-state index contributed by atoms with van der Waals surface area (Å²) < 4.78 is 1.16. The van der Waals surface area contributed by atoms with Crippen LogP contribution in [0.1, 0.15) is 31.7 Å². The number of likely N-dealkylation sites (N-methyl/N-ethyl adjacent to an activating group) is 1. The summed E-state index contributed by atoms with van der Waals surface area (Å²) >= 11 is 5.35. The van der Waals surface area contributed by atoms with Gasteiger partial charge in [0.05, 0.1) is 6.04 Å². The third-order valence-corrected chi connectivity index (χ3v) is 5.92. The molecule has 108 valence electrons. The van der Waals surface area contributed by atoms with Crippen LogP contribution in [0.25, 0.3) is 0 Å². The fourth-order valence-corrected chi connectivity index (χ4v) is 4.62. The van der Waals surface area contributed by atoms with Crippen molar-refractivity contribution in [2.75, 3.05) is 20.1 Å². The summed E-state index contributed by atoms with van der Waals surface area (Å²) in [7, 11) is 2.22. The lowest BCUT2D eigenvalue weighted by Crippen LogP contribution is -2.57. The maximum Gasteiger partial charge on any atom is 0.0592 e. The molecule has 1 aliphatic rings. The molecule has 2 rings (SSSR count). The minimum absolute atomic E-state index is 0.147. The first-order valence-electron chi connectivity index (χ1n) is 6.85. The smallest absolute Gasteiger partial charge is 0.0592 e. The third kappa shape index (κ3) is 3.39. The molecular weight excluding hydrogens is 322 g/mol. The monoisotopic (exact) mass is 345 g/mol. The van der Waals surface area contributed by atoms with Crippen molar-refractivity contribution in [2.45, 2.75) is 44.9 Å². The molecule has 1 saturated heterocycles. The van der Waals surface area contributed by atoms with Crippen LogP contribution in [-0.2, 0) is 0 Å². The lowest BCUT2D eigenvalue weighted by molar-refractivity contribution is 0.0283. The van der Waals surface area contributed by atoms with Crippen molar-refractivity contribution < 1.29 is 0 Å². The minimum Gasteiger partial charge on any atom is -0.326 e. The second kappa shape index (κ2) is 6.22. The summed E-state index contributed by atoms with van der Waals surface area (Å²) in [6.07, 6.45) is 0. The Morgan fingerprint density at radius 3 is 2.37 bits per heavy atom. The number of piperazine rings is 1. The highest BCUT2D eigenvalue weighted by atomic mass is 79.9. The molecule has 0 radical (unpaired) electrons. The molecule has 0 amide bonds. The van der Waals surface area contributed by atoms with Gasteiger partial charge in [-0.1, -0.05) is 0 Å². The first-order valence-corrected chi connectivity index (χ1v) is 8.53. The summed E-state index contributed by atoms with van der Waals surface area (Å²) in [5.74, 6) is 0. The molecule has 5 heteroatoms. The van der Waals surface area contributed by atoms with Gasteiger partial charge < -0.3 is 5.73 Å². The van der Waals surface area contributed by atoms with Crippen LogP contribution in [-0.4, -0.2) is 48.1 Å². The predicted octanol–water partition coefficient (Wildman–Crippen LogP) is 2.92. The summed E-state index contributed by atoms with van der Waals surface area (Å²) in [4.78, 5) is 6.38. The van der Waals surface area contributed by atoms with Crippen LogP contribution in [0, 0.1) is 0 Å². The molecule has 0 aliphatic carbocycles. The number of nitrogens with zero attached hydrogens (tertiary/aromatic N) is 2. The Hall–Kier alpha value is 0.0600. The van der Waals surface area contributed by atoms with E-state index >= 15 is 0 Å². The van der Waals surface area contributed by atoms with Crippen LogP contribution >= 0.6 is 27.3 Å². The SMILES string of the molecule is CC(N)C(c1cc(Br)cs1)N1CC(C)N(C)C(C)C1. The number of nitrogens with two attached hydrogens (primary N) is 1. The average molecular weight is 346 g/mol. The van der Waals surface area contributed by atoms with Crippen LogP contribution in [0.2, 0.25) is 0 Å². The van der Waals surface area contributed by atoms with Crippen molar-refractivity contribution >= 4 is 27.3 Å². The third-order valence-electron chi connectivity index (χ3n) is 4.16. The highest BCUT2D eigenvalue weighted by Gasteiger charge is 2.33. The van der Waals surface area contributed by atoms with Gasteiger partial charge in [-0.15, -0.1) is 11.3 Å². The Bertz CT molecular complexity index is 409. The largest absolute Gasteiger partial charge is 0.326 e. The lowest BCUT2D eigenvalue weighted by atomic mass is 10.0. The molecule has 19 heavy (non-hydrogen) atoms. The Balaban J connectivity index is 2.20. The Labute approximate surface area is 128 Å². The van der Waals surface area contributed by atoms with Gasteiger partial charge in [0.2, 0.25) is 0 Å². The Kier molecular flexibility index (Phi) is 5.06. The highest BCUT2D eigenvalue weighted by Crippen LogP contribution is 2.33. The molecule has 0 saturated carbocycles. The van der Waals surface area contributed by atoms with E-state index in [1.807, 2.05) is 0 Å². The summed E-state index contributed by atoms with van der Waals surface area (Å²) in [5, 5.41) is 2.15. The van der Waals surface area contributed by atoms with E-state index in [9.17, 15) is 0 Å². The van der Waals surface area contributed by atoms with Crippen LogP contribution < -0.4 is 5.73 Å². The van der Waals surface area contributed by atoms with Gasteiger partial charge in [-0.25, -0.2) is 0 Å². The van der Waals surface area contributed by atoms with Crippen molar-refractivity contribution in [3.63, 3.8) is 0 Å². The van der Waals surface area contributed by atoms with Crippen molar-refractivity contribution in [1.82, 2.24) is 9.80 Å². The molecule has 1 aromatic rings. The number of rotatable bonds is 3. The Morgan fingerprint density at radius 2 is 1.95 bits per heavy atom. The zero-order chi connectivity index (χ0) is 14.2. The minimum atomic E-state index is 0.147. The van der Waals surface area contributed by atoms with E-state index in [1.165, 1.54) is 4.88 Å². The van der Waals surface area contributed by atoms with Crippen LogP contribution in [0.4, 0.5) is 0 Å². The molecule has 2 heterocycles. The molecule has 4 unspecified atom stereocenters. The first kappa shape index (κ1) is 15.4. The molecule has 2 N–H and O–H groups in total. The van der Waals surface area contributed by atoms with Gasteiger partial charge in [0.1, 0.15) is 0 Å². The summed E-state index contributed by atoms with van der Waals surface area (Å²) in [6, 6.07) is 3.84. The van der Waals surface area contributed by atoms with Gasteiger partial charge in [0, 0.05) is 45.9 Å². The molecule has 1 fully saturated rings. The second-order valence-electron chi connectivity index (χ2n) is 5.79. The topological polar surface area (TPSA) is 32.5 Å². The zero-order valence-corrected chi connectivity index (χ0v) is 14.5.